The molecule has 3 nitrogen and oxygen atoms in total. The van der Waals surface area contributed by atoms with Gasteiger partial charge in [0.25, 0.3) is 0 Å². The highest BCUT2D eigenvalue weighted by atomic mass is 32.2. The molecule has 0 aromatic rings. The SMILES string of the molecule is CC.CC.CN1CCC2(CC1)SCCC(=O)N2C. The Balaban J connectivity index is 0.000000659. The second kappa shape index (κ2) is 8.81. The van der Waals surface area contributed by atoms with E-state index in [1.54, 1.807) is 0 Å². The molecular weight excluding hydrogens is 244 g/mol. The molecule has 18 heavy (non-hydrogen) atoms. The van der Waals surface area contributed by atoms with Gasteiger partial charge in [0.1, 0.15) is 0 Å². The average molecular weight is 274 g/mol. The summed E-state index contributed by atoms with van der Waals surface area (Å²) in [7, 11) is 4.13. The maximum atomic E-state index is 11.6. The number of nitrogens with zero attached hydrogens (tertiary/aromatic N) is 2. The Labute approximate surface area is 117 Å². The van der Waals surface area contributed by atoms with Crippen molar-refractivity contribution in [3.8, 4) is 0 Å². The van der Waals surface area contributed by atoms with Crippen LogP contribution >= 0.6 is 11.8 Å². The maximum absolute atomic E-state index is 11.6. The Morgan fingerprint density at radius 1 is 1.06 bits per heavy atom. The quantitative estimate of drug-likeness (QED) is 0.678. The fourth-order valence-electron chi connectivity index (χ4n) is 2.27. The highest BCUT2D eigenvalue weighted by molar-refractivity contribution is 8.00. The van der Waals surface area contributed by atoms with Gasteiger partial charge in [-0.15, -0.1) is 11.8 Å². The highest BCUT2D eigenvalue weighted by Gasteiger charge is 2.42. The normalized spacial score (nSPS) is 22.8. The number of hydrogen-bond donors (Lipinski definition) is 0. The molecule has 0 saturated carbocycles. The topological polar surface area (TPSA) is 23.6 Å². The van der Waals surface area contributed by atoms with Crippen LogP contribution in [0.5, 0.6) is 0 Å². The lowest BCUT2D eigenvalue weighted by Gasteiger charge is -2.48. The third-order valence-electron chi connectivity index (χ3n) is 3.44. The summed E-state index contributed by atoms with van der Waals surface area (Å²) in [5.41, 5.74) is 0. The molecule has 0 radical (unpaired) electrons. The van der Waals surface area contributed by atoms with Crippen LogP contribution in [0.3, 0.4) is 0 Å². The van der Waals surface area contributed by atoms with Crippen molar-refractivity contribution < 1.29 is 4.79 Å². The van der Waals surface area contributed by atoms with Crippen molar-refractivity contribution in [3.63, 3.8) is 0 Å². The van der Waals surface area contributed by atoms with E-state index in [9.17, 15) is 4.79 Å². The van der Waals surface area contributed by atoms with Crippen LogP contribution in [-0.4, -0.2) is 53.5 Å². The summed E-state index contributed by atoms with van der Waals surface area (Å²) < 4.78 is 0. The van der Waals surface area contributed by atoms with E-state index < -0.39 is 0 Å². The first-order valence-corrected chi connectivity index (χ1v) is 8.22. The molecule has 0 N–H and O–H groups in total. The Hall–Kier alpha value is -0.220. The zero-order chi connectivity index (χ0) is 14.2. The van der Waals surface area contributed by atoms with Gasteiger partial charge in [0, 0.05) is 32.3 Å². The Bertz CT molecular complexity index is 238. The van der Waals surface area contributed by atoms with Crippen LogP contribution < -0.4 is 0 Å². The van der Waals surface area contributed by atoms with Crippen molar-refractivity contribution in [1.29, 1.82) is 0 Å². The predicted octanol–water partition coefficient (Wildman–Crippen LogP) is 3.06. The molecule has 0 unspecified atom stereocenters. The minimum atomic E-state index is 0.127. The summed E-state index contributed by atoms with van der Waals surface area (Å²) in [5.74, 6) is 1.33. The molecule has 0 aromatic carbocycles. The molecule has 2 rings (SSSR count). The standard InChI is InChI=1S/C10H18N2OS.2C2H6/c1-11-6-4-10(5-7-11)12(2)9(13)3-8-14-10;2*1-2/h3-8H2,1-2H3;2*1-2H3. The molecule has 2 heterocycles. The van der Waals surface area contributed by atoms with Crippen LogP contribution in [0.15, 0.2) is 0 Å². The van der Waals surface area contributed by atoms with E-state index in [0.29, 0.717) is 5.91 Å². The first-order valence-electron chi connectivity index (χ1n) is 7.23. The molecule has 2 saturated heterocycles. The first kappa shape index (κ1) is 17.8. The predicted molar refractivity (Wildman–Crippen MR) is 82.0 cm³/mol. The summed E-state index contributed by atoms with van der Waals surface area (Å²) >= 11 is 1.98. The number of thioether (sulfide) groups is 1. The molecule has 108 valence electrons. The molecular formula is C14H30N2OS. The zero-order valence-corrected chi connectivity index (χ0v) is 13.8. The van der Waals surface area contributed by atoms with Gasteiger partial charge in [-0.3, -0.25) is 4.79 Å². The molecule has 2 aliphatic heterocycles. The second-order valence-electron chi connectivity index (χ2n) is 4.30. The third kappa shape index (κ3) is 4.16. The van der Waals surface area contributed by atoms with Gasteiger partial charge in [-0.05, 0) is 19.9 Å². The van der Waals surface area contributed by atoms with Crippen molar-refractivity contribution in [2.75, 3.05) is 32.9 Å². The van der Waals surface area contributed by atoms with Crippen LogP contribution in [0.25, 0.3) is 0 Å². The molecule has 0 aromatic heterocycles. The fourth-order valence-corrected chi connectivity index (χ4v) is 3.69. The van der Waals surface area contributed by atoms with Gasteiger partial charge in [-0.2, -0.15) is 0 Å². The molecule has 1 spiro atoms. The largest absolute Gasteiger partial charge is 0.331 e. The van der Waals surface area contributed by atoms with Crippen molar-refractivity contribution >= 4 is 17.7 Å². The lowest BCUT2D eigenvalue weighted by molar-refractivity contribution is -0.134. The lowest BCUT2D eigenvalue weighted by atomic mass is 10.0. The summed E-state index contributed by atoms with van der Waals surface area (Å²) in [4.78, 5) is 16.1. The molecule has 0 bridgehead atoms. The summed E-state index contributed by atoms with van der Waals surface area (Å²) in [6.45, 7) is 10.2. The monoisotopic (exact) mass is 274 g/mol. The van der Waals surface area contributed by atoms with Gasteiger partial charge in [0.15, 0.2) is 0 Å². The van der Waals surface area contributed by atoms with Gasteiger partial charge in [0.2, 0.25) is 5.91 Å². The van der Waals surface area contributed by atoms with Gasteiger partial charge in [-0.1, -0.05) is 27.7 Å². The molecule has 2 aliphatic rings. The minimum Gasteiger partial charge on any atom is -0.331 e. The van der Waals surface area contributed by atoms with E-state index in [4.69, 9.17) is 0 Å². The number of likely N-dealkylation sites (tertiary alicyclic amines) is 1. The van der Waals surface area contributed by atoms with E-state index >= 15 is 0 Å². The fraction of sp³-hybridized carbons (Fsp3) is 0.929. The summed E-state index contributed by atoms with van der Waals surface area (Å²) in [5, 5.41) is 0. The van der Waals surface area contributed by atoms with Crippen molar-refractivity contribution in [1.82, 2.24) is 9.80 Å². The van der Waals surface area contributed by atoms with Crippen LogP contribution in [0.1, 0.15) is 47.0 Å². The number of piperidine rings is 1. The van der Waals surface area contributed by atoms with Gasteiger partial charge in [0.05, 0.1) is 4.87 Å². The number of amides is 1. The molecule has 0 aliphatic carbocycles. The van der Waals surface area contributed by atoms with Crippen LogP contribution in [0.2, 0.25) is 0 Å². The number of rotatable bonds is 0. The van der Waals surface area contributed by atoms with E-state index in [0.717, 1.165) is 38.1 Å². The highest BCUT2D eigenvalue weighted by Crippen LogP contribution is 2.41. The van der Waals surface area contributed by atoms with E-state index in [-0.39, 0.29) is 4.87 Å². The lowest BCUT2D eigenvalue weighted by Crippen LogP contribution is -2.55. The van der Waals surface area contributed by atoms with E-state index in [1.165, 1.54) is 0 Å². The maximum Gasteiger partial charge on any atom is 0.224 e. The smallest absolute Gasteiger partial charge is 0.224 e. The number of hydrogen-bond acceptors (Lipinski definition) is 3. The number of carbonyl (C=O) groups excluding carboxylic acids is 1. The molecule has 0 atom stereocenters. The van der Waals surface area contributed by atoms with E-state index in [2.05, 4.69) is 11.9 Å². The van der Waals surface area contributed by atoms with Crippen molar-refractivity contribution in [3.05, 3.63) is 0 Å². The van der Waals surface area contributed by atoms with Gasteiger partial charge < -0.3 is 9.80 Å². The Kier molecular flexibility index (Phi) is 8.70. The summed E-state index contributed by atoms with van der Waals surface area (Å²) in [6, 6.07) is 0. The Morgan fingerprint density at radius 2 is 1.56 bits per heavy atom. The minimum absolute atomic E-state index is 0.127. The number of carbonyl (C=O) groups is 1. The third-order valence-corrected chi connectivity index (χ3v) is 5.07. The van der Waals surface area contributed by atoms with Gasteiger partial charge in [-0.25, -0.2) is 0 Å². The van der Waals surface area contributed by atoms with Crippen molar-refractivity contribution in [2.24, 2.45) is 0 Å². The van der Waals surface area contributed by atoms with Crippen LogP contribution in [0.4, 0.5) is 0 Å². The summed E-state index contributed by atoms with van der Waals surface area (Å²) in [6.07, 6.45) is 2.96. The van der Waals surface area contributed by atoms with E-state index in [1.807, 2.05) is 51.4 Å². The average Bonchev–Trinajstić information content (AvgIpc) is 2.44. The molecule has 2 fully saturated rings. The first-order chi connectivity index (χ1) is 8.64. The van der Waals surface area contributed by atoms with Crippen LogP contribution in [0, 0.1) is 0 Å². The van der Waals surface area contributed by atoms with Crippen LogP contribution in [-0.2, 0) is 4.79 Å². The van der Waals surface area contributed by atoms with Gasteiger partial charge >= 0.3 is 0 Å². The zero-order valence-electron chi connectivity index (χ0n) is 13.0. The second-order valence-corrected chi connectivity index (χ2v) is 5.76. The molecule has 4 heteroatoms. The molecule has 1 amide bonds. The van der Waals surface area contributed by atoms with Crippen molar-refractivity contribution in [2.45, 2.75) is 51.8 Å². The Morgan fingerprint density at radius 3 is 2.06 bits per heavy atom.